The predicted octanol–water partition coefficient (Wildman–Crippen LogP) is 2.51. The summed E-state index contributed by atoms with van der Waals surface area (Å²) in [6.07, 6.45) is 6.41. The number of nitrogens with one attached hydrogen (secondary N) is 1. The number of amides is 1. The fraction of sp³-hybridized carbons (Fsp3) is 0.294. The Morgan fingerprint density at radius 1 is 1.36 bits per heavy atom. The topological polar surface area (TPSA) is 53.9 Å². The van der Waals surface area contributed by atoms with Gasteiger partial charge in [-0.3, -0.25) is 4.79 Å². The van der Waals surface area contributed by atoms with Gasteiger partial charge in [0.15, 0.2) is 0 Å². The van der Waals surface area contributed by atoms with Gasteiger partial charge < -0.3 is 14.5 Å². The molecule has 22 heavy (non-hydrogen) atoms. The summed E-state index contributed by atoms with van der Waals surface area (Å²) < 4.78 is 2.16. The fourth-order valence-corrected chi connectivity index (χ4v) is 3.33. The molecule has 3 aromatic rings. The van der Waals surface area contributed by atoms with Gasteiger partial charge in [0.25, 0.3) is 0 Å². The van der Waals surface area contributed by atoms with Crippen molar-refractivity contribution < 1.29 is 4.79 Å². The standard InChI is InChI=1S/C17H18N4O/c1-20-10-12(9-15(20)22)11-21-8-7-19-17(21)14-4-2-3-13-5-6-18-16(13)14/h2-8,12,18H,9-11H2,1H3. The van der Waals surface area contributed by atoms with E-state index in [-0.39, 0.29) is 5.91 Å². The number of aromatic nitrogens is 3. The van der Waals surface area contributed by atoms with Crippen molar-refractivity contribution in [2.24, 2.45) is 5.92 Å². The summed E-state index contributed by atoms with van der Waals surface area (Å²) in [7, 11) is 1.87. The molecule has 0 radical (unpaired) electrons. The second-order valence-corrected chi connectivity index (χ2v) is 6.00. The van der Waals surface area contributed by atoms with Crippen molar-refractivity contribution in [2.45, 2.75) is 13.0 Å². The molecule has 5 heteroatoms. The quantitative estimate of drug-likeness (QED) is 0.807. The Labute approximate surface area is 128 Å². The molecule has 3 heterocycles. The summed E-state index contributed by atoms with van der Waals surface area (Å²) >= 11 is 0. The second kappa shape index (κ2) is 5.02. The maximum Gasteiger partial charge on any atom is 0.222 e. The van der Waals surface area contributed by atoms with E-state index in [1.54, 1.807) is 0 Å². The lowest BCUT2D eigenvalue weighted by Crippen LogP contribution is -2.20. The Hall–Kier alpha value is -2.56. The van der Waals surface area contributed by atoms with E-state index in [0.717, 1.165) is 30.0 Å². The Morgan fingerprint density at radius 2 is 2.27 bits per heavy atom. The maximum atomic E-state index is 11.7. The van der Waals surface area contributed by atoms with E-state index < -0.39 is 0 Å². The van der Waals surface area contributed by atoms with E-state index in [1.807, 2.05) is 30.5 Å². The fourth-order valence-electron chi connectivity index (χ4n) is 3.33. The van der Waals surface area contributed by atoms with E-state index in [9.17, 15) is 4.79 Å². The van der Waals surface area contributed by atoms with Gasteiger partial charge in [-0.15, -0.1) is 0 Å². The molecule has 2 aromatic heterocycles. The van der Waals surface area contributed by atoms with Gasteiger partial charge in [-0.2, -0.15) is 0 Å². The molecule has 0 bridgehead atoms. The molecule has 4 rings (SSSR count). The van der Waals surface area contributed by atoms with Gasteiger partial charge in [0, 0.05) is 62.0 Å². The predicted molar refractivity (Wildman–Crippen MR) is 85.3 cm³/mol. The van der Waals surface area contributed by atoms with Gasteiger partial charge in [0.05, 0.1) is 5.52 Å². The van der Waals surface area contributed by atoms with E-state index >= 15 is 0 Å². The van der Waals surface area contributed by atoms with Gasteiger partial charge in [-0.1, -0.05) is 12.1 Å². The van der Waals surface area contributed by atoms with Gasteiger partial charge in [0.1, 0.15) is 5.82 Å². The third kappa shape index (κ3) is 2.09. The zero-order valence-corrected chi connectivity index (χ0v) is 12.5. The van der Waals surface area contributed by atoms with Crippen LogP contribution in [-0.4, -0.2) is 38.9 Å². The van der Waals surface area contributed by atoms with Crippen molar-refractivity contribution in [3.05, 3.63) is 42.9 Å². The average Bonchev–Trinajstić information content (AvgIpc) is 3.20. The molecule has 1 aliphatic heterocycles. The first-order valence-corrected chi connectivity index (χ1v) is 7.54. The zero-order valence-electron chi connectivity index (χ0n) is 12.5. The van der Waals surface area contributed by atoms with Crippen molar-refractivity contribution >= 4 is 16.8 Å². The van der Waals surface area contributed by atoms with Gasteiger partial charge in [0.2, 0.25) is 5.91 Å². The highest BCUT2D eigenvalue weighted by molar-refractivity contribution is 5.92. The number of fused-ring (bicyclic) bond motifs is 1. The first-order valence-electron chi connectivity index (χ1n) is 7.54. The molecule has 1 fully saturated rings. The molecular formula is C17H18N4O. The van der Waals surface area contributed by atoms with Crippen LogP contribution in [0.15, 0.2) is 42.9 Å². The van der Waals surface area contributed by atoms with E-state index in [2.05, 4.69) is 38.8 Å². The third-order valence-corrected chi connectivity index (χ3v) is 4.42. The largest absolute Gasteiger partial charge is 0.361 e. The number of rotatable bonds is 3. The smallest absolute Gasteiger partial charge is 0.222 e. The molecule has 112 valence electrons. The second-order valence-electron chi connectivity index (χ2n) is 6.00. The number of carbonyl (C=O) groups excluding carboxylic acids is 1. The Kier molecular flexibility index (Phi) is 2.99. The molecule has 1 unspecified atom stereocenters. The molecule has 1 N–H and O–H groups in total. The van der Waals surface area contributed by atoms with Crippen LogP contribution in [0.25, 0.3) is 22.3 Å². The Morgan fingerprint density at radius 3 is 3.09 bits per heavy atom. The highest BCUT2D eigenvalue weighted by atomic mass is 16.2. The molecule has 1 saturated heterocycles. The number of hydrogen-bond acceptors (Lipinski definition) is 2. The molecular weight excluding hydrogens is 276 g/mol. The number of hydrogen-bond donors (Lipinski definition) is 1. The number of H-pyrrole nitrogens is 1. The average molecular weight is 294 g/mol. The highest BCUT2D eigenvalue weighted by Gasteiger charge is 2.27. The van der Waals surface area contributed by atoms with Crippen molar-refractivity contribution in [1.82, 2.24) is 19.4 Å². The Balaban J connectivity index is 1.68. The normalized spacial score (nSPS) is 18.5. The summed E-state index contributed by atoms with van der Waals surface area (Å²) in [5.41, 5.74) is 2.21. The van der Waals surface area contributed by atoms with Crippen LogP contribution in [0.5, 0.6) is 0 Å². The molecule has 1 atom stereocenters. The summed E-state index contributed by atoms with van der Waals surface area (Å²) in [6, 6.07) is 8.30. The van der Waals surface area contributed by atoms with E-state index in [0.29, 0.717) is 12.3 Å². The van der Waals surface area contributed by atoms with Crippen LogP contribution in [0.1, 0.15) is 6.42 Å². The molecule has 0 spiro atoms. The van der Waals surface area contributed by atoms with Crippen LogP contribution in [0, 0.1) is 5.92 Å². The van der Waals surface area contributed by atoms with Crippen molar-refractivity contribution in [3.63, 3.8) is 0 Å². The molecule has 5 nitrogen and oxygen atoms in total. The first kappa shape index (κ1) is 13.1. The minimum absolute atomic E-state index is 0.234. The van der Waals surface area contributed by atoms with Crippen molar-refractivity contribution in [1.29, 1.82) is 0 Å². The zero-order chi connectivity index (χ0) is 15.1. The van der Waals surface area contributed by atoms with Crippen LogP contribution in [0.3, 0.4) is 0 Å². The van der Waals surface area contributed by atoms with Gasteiger partial charge in [-0.25, -0.2) is 4.98 Å². The van der Waals surface area contributed by atoms with Crippen LogP contribution in [0.4, 0.5) is 0 Å². The number of nitrogens with zero attached hydrogens (tertiary/aromatic N) is 3. The van der Waals surface area contributed by atoms with Crippen LogP contribution in [-0.2, 0) is 11.3 Å². The Bertz CT molecular complexity index is 832. The van der Waals surface area contributed by atoms with Gasteiger partial charge >= 0.3 is 0 Å². The molecule has 1 aromatic carbocycles. The monoisotopic (exact) mass is 294 g/mol. The SMILES string of the molecule is CN1CC(Cn2ccnc2-c2cccc3cc[nH]c23)CC1=O. The highest BCUT2D eigenvalue weighted by Crippen LogP contribution is 2.28. The minimum atomic E-state index is 0.234. The number of para-hydroxylation sites is 1. The van der Waals surface area contributed by atoms with Gasteiger partial charge in [-0.05, 0) is 12.1 Å². The van der Waals surface area contributed by atoms with Crippen LogP contribution < -0.4 is 0 Å². The summed E-state index contributed by atoms with van der Waals surface area (Å²) in [4.78, 5) is 21.4. The molecule has 1 aliphatic rings. The lowest BCUT2D eigenvalue weighted by Gasteiger charge is -2.13. The first-order chi connectivity index (χ1) is 10.7. The number of aromatic amines is 1. The number of likely N-dealkylation sites (tertiary alicyclic amines) is 1. The molecule has 0 saturated carbocycles. The lowest BCUT2D eigenvalue weighted by molar-refractivity contribution is -0.126. The van der Waals surface area contributed by atoms with E-state index in [1.165, 1.54) is 5.39 Å². The number of imidazole rings is 1. The summed E-state index contributed by atoms with van der Waals surface area (Å²) in [6.45, 7) is 1.64. The number of benzene rings is 1. The summed E-state index contributed by atoms with van der Waals surface area (Å²) in [5.74, 6) is 1.54. The van der Waals surface area contributed by atoms with Crippen LogP contribution >= 0.6 is 0 Å². The van der Waals surface area contributed by atoms with Crippen molar-refractivity contribution in [3.8, 4) is 11.4 Å². The molecule has 0 aliphatic carbocycles. The third-order valence-electron chi connectivity index (χ3n) is 4.42. The van der Waals surface area contributed by atoms with E-state index in [4.69, 9.17) is 0 Å². The van der Waals surface area contributed by atoms with Crippen LogP contribution in [0.2, 0.25) is 0 Å². The lowest BCUT2D eigenvalue weighted by atomic mass is 10.1. The van der Waals surface area contributed by atoms with Crippen molar-refractivity contribution in [2.75, 3.05) is 13.6 Å². The minimum Gasteiger partial charge on any atom is -0.361 e. The number of carbonyl (C=O) groups is 1. The molecule has 1 amide bonds. The maximum absolute atomic E-state index is 11.7. The summed E-state index contributed by atoms with van der Waals surface area (Å²) in [5, 5.41) is 1.18.